The predicted octanol–water partition coefficient (Wildman–Crippen LogP) is 0.825. The summed E-state index contributed by atoms with van der Waals surface area (Å²) in [6, 6.07) is 18.9. The number of anilines is 1. The number of carbonyl (C=O) groups is 1. The van der Waals surface area contributed by atoms with Crippen LogP contribution in [0.5, 0.6) is 0 Å². The largest absolute Gasteiger partial charge is 0.337 e. The highest BCUT2D eigenvalue weighted by Crippen LogP contribution is 2.45. The molecular formula is C24H28N4OS+2. The summed E-state index contributed by atoms with van der Waals surface area (Å²) in [7, 11) is 1.93. The second kappa shape index (κ2) is 9.05. The molecule has 2 aromatic carbocycles. The first-order valence-electron chi connectivity index (χ1n) is 10.5. The van der Waals surface area contributed by atoms with E-state index in [2.05, 4.69) is 37.3 Å². The summed E-state index contributed by atoms with van der Waals surface area (Å²) in [5.41, 5.74) is 4.03. The highest BCUT2D eigenvalue weighted by molar-refractivity contribution is 8.03. The number of rotatable bonds is 5. The predicted molar refractivity (Wildman–Crippen MR) is 119 cm³/mol. The molecule has 6 heteroatoms. The highest BCUT2D eigenvalue weighted by atomic mass is 32.2. The fourth-order valence-corrected chi connectivity index (χ4v) is 5.45. The maximum Gasteiger partial charge on any atom is 0.230 e. The minimum atomic E-state index is -0.0446. The van der Waals surface area contributed by atoms with Crippen LogP contribution in [-0.4, -0.2) is 45.6 Å². The Morgan fingerprint density at radius 2 is 1.83 bits per heavy atom. The Balaban J connectivity index is 1.36. The number of Topliss-reactive ketones (excluding diaryl/α,β-unsaturated/α-hetero) is 1. The van der Waals surface area contributed by atoms with Crippen LogP contribution >= 0.6 is 11.8 Å². The molecule has 2 aliphatic rings. The van der Waals surface area contributed by atoms with Crippen molar-refractivity contribution >= 4 is 23.2 Å². The van der Waals surface area contributed by atoms with Gasteiger partial charge in [-0.3, -0.25) is 4.79 Å². The van der Waals surface area contributed by atoms with Gasteiger partial charge in [-0.2, -0.15) is 5.26 Å². The molecule has 0 unspecified atom stereocenters. The molecule has 4 rings (SSSR count). The summed E-state index contributed by atoms with van der Waals surface area (Å²) in [6.45, 7) is 7.59. The van der Waals surface area contributed by atoms with E-state index in [0.29, 0.717) is 12.1 Å². The number of quaternary nitrogens is 2. The van der Waals surface area contributed by atoms with Gasteiger partial charge in [0.25, 0.3) is 0 Å². The Hall–Kier alpha value is -2.59. The molecule has 0 atom stereocenters. The summed E-state index contributed by atoms with van der Waals surface area (Å²) in [5.74, 6) is -0.0446. The van der Waals surface area contributed by atoms with Crippen molar-refractivity contribution in [2.45, 2.75) is 18.4 Å². The topological polar surface area (TPSA) is 53.0 Å². The van der Waals surface area contributed by atoms with Crippen molar-refractivity contribution in [3.05, 3.63) is 70.3 Å². The summed E-state index contributed by atoms with van der Waals surface area (Å²) >= 11 is 1.52. The van der Waals surface area contributed by atoms with Crippen molar-refractivity contribution in [2.24, 2.45) is 0 Å². The lowest BCUT2D eigenvalue weighted by Gasteiger charge is -2.29. The number of aryl methyl sites for hydroxylation is 1. The van der Waals surface area contributed by atoms with Gasteiger partial charge in [-0.15, -0.1) is 0 Å². The molecule has 0 saturated carbocycles. The van der Waals surface area contributed by atoms with Crippen molar-refractivity contribution < 1.29 is 14.6 Å². The average Bonchev–Trinajstić information content (AvgIpc) is 3.07. The fourth-order valence-electron chi connectivity index (χ4n) is 4.29. The smallest absolute Gasteiger partial charge is 0.230 e. The third-order valence-electron chi connectivity index (χ3n) is 5.95. The van der Waals surface area contributed by atoms with E-state index in [0.717, 1.165) is 48.3 Å². The molecule has 0 aromatic heterocycles. The van der Waals surface area contributed by atoms with Crippen LogP contribution in [0, 0.1) is 18.3 Å². The van der Waals surface area contributed by atoms with Crippen molar-refractivity contribution in [3.63, 3.8) is 0 Å². The number of fused-ring (bicyclic) bond motifs is 1. The van der Waals surface area contributed by atoms with Crippen LogP contribution in [0.4, 0.5) is 5.69 Å². The maximum atomic E-state index is 13.0. The molecule has 0 aliphatic carbocycles. The van der Waals surface area contributed by atoms with E-state index in [1.807, 2.05) is 36.2 Å². The van der Waals surface area contributed by atoms with Crippen molar-refractivity contribution in [1.82, 2.24) is 0 Å². The normalized spacial score (nSPS) is 22.4. The minimum absolute atomic E-state index is 0.0446. The SMILES string of the molecule is Cc1cccc(C[NH+]2CC[NH+](CC(=O)/C(C#N)=C3\Sc4ccccc4N3C)CC2)c1. The monoisotopic (exact) mass is 420 g/mol. The van der Waals surface area contributed by atoms with Gasteiger partial charge in [-0.05, 0) is 19.1 Å². The molecule has 1 saturated heterocycles. The van der Waals surface area contributed by atoms with Gasteiger partial charge in [0.2, 0.25) is 5.78 Å². The van der Waals surface area contributed by atoms with Gasteiger partial charge < -0.3 is 14.7 Å². The minimum Gasteiger partial charge on any atom is -0.337 e. The summed E-state index contributed by atoms with van der Waals surface area (Å²) in [6.07, 6.45) is 0. The van der Waals surface area contributed by atoms with Gasteiger partial charge in [0.15, 0.2) is 0 Å². The lowest BCUT2D eigenvalue weighted by molar-refractivity contribution is -1.01. The number of nitrogens with one attached hydrogen (secondary N) is 2. The van der Waals surface area contributed by atoms with E-state index in [4.69, 9.17) is 0 Å². The maximum absolute atomic E-state index is 13.0. The standard InChI is InChI=1S/C24H26N4OS/c1-18-6-5-7-19(14-18)16-27-10-12-28(13-11-27)17-22(29)20(15-25)24-26(2)21-8-3-4-9-23(21)30-24/h3-9,14H,10-13,16-17H2,1-2H3/p+2/b24-20-. The van der Waals surface area contributed by atoms with Gasteiger partial charge in [-0.1, -0.05) is 53.7 Å². The Morgan fingerprint density at radius 1 is 1.10 bits per heavy atom. The molecule has 0 amide bonds. The molecule has 0 spiro atoms. The van der Waals surface area contributed by atoms with E-state index in [-0.39, 0.29) is 5.78 Å². The Morgan fingerprint density at radius 3 is 2.53 bits per heavy atom. The highest BCUT2D eigenvalue weighted by Gasteiger charge is 2.31. The second-order valence-electron chi connectivity index (χ2n) is 8.19. The van der Waals surface area contributed by atoms with Crippen LogP contribution in [0.25, 0.3) is 0 Å². The summed E-state index contributed by atoms with van der Waals surface area (Å²) in [4.78, 5) is 18.9. The molecule has 2 heterocycles. The lowest BCUT2D eigenvalue weighted by atomic mass is 10.1. The van der Waals surface area contributed by atoms with E-state index in [9.17, 15) is 10.1 Å². The van der Waals surface area contributed by atoms with Gasteiger partial charge in [0.05, 0.1) is 5.69 Å². The Bertz CT molecular complexity index is 1020. The number of nitriles is 1. The number of carbonyl (C=O) groups excluding carboxylic acids is 1. The first-order valence-corrected chi connectivity index (χ1v) is 11.3. The average molecular weight is 421 g/mol. The fraction of sp³-hybridized carbons (Fsp3) is 0.333. The zero-order valence-electron chi connectivity index (χ0n) is 17.6. The molecular weight excluding hydrogens is 392 g/mol. The van der Waals surface area contributed by atoms with Crippen LogP contribution in [-0.2, 0) is 11.3 Å². The molecule has 2 N–H and O–H groups in total. The third-order valence-corrected chi connectivity index (χ3v) is 7.19. The number of nitrogens with zero attached hydrogens (tertiary/aromatic N) is 2. The van der Waals surface area contributed by atoms with Crippen molar-refractivity contribution in [1.29, 1.82) is 5.26 Å². The molecule has 154 valence electrons. The molecule has 0 bridgehead atoms. The van der Waals surface area contributed by atoms with Crippen molar-refractivity contribution in [3.8, 4) is 6.07 Å². The van der Waals surface area contributed by atoms with Gasteiger partial charge in [-0.25, -0.2) is 0 Å². The quantitative estimate of drug-likeness (QED) is 0.556. The second-order valence-corrected chi connectivity index (χ2v) is 9.22. The summed E-state index contributed by atoms with van der Waals surface area (Å²) in [5, 5.41) is 10.5. The van der Waals surface area contributed by atoms with Crippen LogP contribution < -0.4 is 14.7 Å². The van der Waals surface area contributed by atoms with Gasteiger partial charge in [0, 0.05) is 17.5 Å². The van der Waals surface area contributed by atoms with Crippen LogP contribution in [0.3, 0.4) is 0 Å². The first-order chi connectivity index (χ1) is 14.5. The summed E-state index contributed by atoms with van der Waals surface area (Å²) < 4.78 is 0. The first kappa shape index (κ1) is 20.7. The van der Waals surface area contributed by atoms with E-state index < -0.39 is 0 Å². The number of piperazine rings is 1. The number of hydrogen-bond acceptors (Lipinski definition) is 4. The van der Waals surface area contributed by atoms with E-state index in [1.165, 1.54) is 27.8 Å². The Kier molecular flexibility index (Phi) is 6.24. The molecule has 0 radical (unpaired) electrons. The number of hydrogen-bond donors (Lipinski definition) is 2. The molecule has 1 fully saturated rings. The molecule has 5 nitrogen and oxygen atoms in total. The number of thioether (sulfide) groups is 1. The zero-order chi connectivity index (χ0) is 21.1. The van der Waals surface area contributed by atoms with Gasteiger partial charge >= 0.3 is 0 Å². The van der Waals surface area contributed by atoms with Gasteiger partial charge in [0.1, 0.15) is 55.9 Å². The van der Waals surface area contributed by atoms with Crippen LogP contribution in [0.2, 0.25) is 0 Å². The Labute approximate surface area is 182 Å². The zero-order valence-corrected chi connectivity index (χ0v) is 18.4. The number of benzene rings is 2. The third kappa shape index (κ3) is 4.44. The molecule has 2 aromatic rings. The van der Waals surface area contributed by atoms with E-state index >= 15 is 0 Å². The van der Waals surface area contributed by atoms with Crippen molar-refractivity contribution in [2.75, 3.05) is 44.7 Å². The van der Waals surface area contributed by atoms with Crippen LogP contribution in [0.1, 0.15) is 11.1 Å². The van der Waals surface area contributed by atoms with E-state index in [1.54, 1.807) is 4.90 Å². The number of ketones is 1. The molecule has 2 aliphatic heterocycles. The number of para-hydroxylation sites is 1. The van der Waals surface area contributed by atoms with Crippen LogP contribution in [0.15, 0.2) is 64.0 Å². The molecule has 30 heavy (non-hydrogen) atoms. The lowest BCUT2D eigenvalue weighted by Crippen LogP contribution is -3.27.